The van der Waals surface area contributed by atoms with Crippen LogP contribution < -0.4 is 11.1 Å². The molecule has 3 nitrogen and oxygen atoms in total. The van der Waals surface area contributed by atoms with E-state index in [0.717, 1.165) is 28.3 Å². The second kappa shape index (κ2) is 5.59. The number of benzene rings is 1. The molecule has 0 aliphatic rings. The van der Waals surface area contributed by atoms with Gasteiger partial charge in [0.05, 0.1) is 11.3 Å². The van der Waals surface area contributed by atoms with Gasteiger partial charge in [-0.15, -0.1) is 0 Å². The van der Waals surface area contributed by atoms with Gasteiger partial charge in [0.1, 0.15) is 4.99 Å². The molecule has 2 rings (SSSR count). The topological polar surface area (TPSA) is 50.9 Å². The number of rotatable bonds is 3. The summed E-state index contributed by atoms with van der Waals surface area (Å²) in [4.78, 5) is 4.79. The van der Waals surface area contributed by atoms with Crippen LogP contribution in [0, 0.1) is 27.7 Å². The summed E-state index contributed by atoms with van der Waals surface area (Å²) in [7, 11) is 0. The van der Waals surface area contributed by atoms with E-state index in [4.69, 9.17) is 18.0 Å². The molecule has 0 aliphatic carbocycles. The lowest BCUT2D eigenvalue weighted by atomic mass is 10.1. The zero-order chi connectivity index (χ0) is 14.9. The van der Waals surface area contributed by atoms with E-state index in [1.165, 1.54) is 11.1 Å². The summed E-state index contributed by atoms with van der Waals surface area (Å²) in [6.45, 7) is 8.05. The second-order valence-corrected chi connectivity index (χ2v) is 5.52. The van der Waals surface area contributed by atoms with Gasteiger partial charge < -0.3 is 11.1 Å². The second-order valence-electron chi connectivity index (χ2n) is 5.08. The van der Waals surface area contributed by atoms with Gasteiger partial charge in [-0.05, 0) is 45.4 Å². The summed E-state index contributed by atoms with van der Waals surface area (Å²) in [6.07, 6.45) is 0. The van der Waals surface area contributed by atoms with Crippen molar-refractivity contribution in [3.63, 3.8) is 0 Å². The maximum atomic E-state index is 5.83. The van der Waals surface area contributed by atoms with Crippen LogP contribution in [-0.2, 0) is 0 Å². The monoisotopic (exact) mass is 285 g/mol. The third-order valence-electron chi connectivity index (χ3n) is 3.23. The van der Waals surface area contributed by atoms with Crippen LogP contribution in [0.3, 0.4) is 0 Å². The lowest BCUT2D eigenvalue weighted by molar-refractivity contribution is 1.11. The van der Waals surface area contributed by atoms with Crippen LogP contribution in [-0.4, -0.2) is 9.97 Å². The smallest absolute Gasteiger partial charge is 0.107 e. The first kappa shape index (κ1) is 14.5. The molecular weight excluding hydrogens is 266 g/mol. The summed E-state index contributed by atoms with van der Waals surface area (Å²) in [5.74, 6) is 0. The van der Waals surface area contributed by atoms with Gasteiger partial charge in [0, 0.05) is 17.1 Å². The van der Waals surface area contributed by atoms with Crippen molar-refractivity contribution in [1.82, 2.24) is 4.98 Å². The number of nitrogens with one attached hydrogen (secondary N) is 1. The zero-order valence-electron chi connectivity index (χ0n) is 12.2. The maximum Gasteiger partial charge on any atom is 0.107 e. The molecule has 0 spiro atoms. The quantitative estimate of drug-likeness (QED) is 0.844. The van der Waals surface area contributed by atoms with Crippen molar-refractivity contribution in [1.29, 1.82) is 0 Å². The molecule has 2 aromatic rings. The van der Waals surface area contributed by atoms with E-state index >= 15 is 0 Å². The summed E-state index contributed by atoms with van der Waals surface area (Å²) < 4.78 is 0. The van der Waals surface area contributed by atoms with Gasteiger partial charge >= 0.3 is 0 Å². The number of pyridine rings is 1. The SMILES string of the molecule is Cc1ccc(Nc2cc(C)nc(C)c2C(N)=S)c(C)c1. The standard InChI is InChI=1S/C16H19N3S/c1-9-5-6-13(10(2)7-9)19-14-8-11(3)18-12(4)15(14)16(17)20/h5-8H,1-4H3,(H2,17,20)(H,18,19). The predicted molar refractivity (Wildman–Crippen MR) is 88.8 cm³/mol. The summed E-state index contributed by atoms with van der Waals surface area (Å²) >= 11 is 5.15. The van der Waals surface area contributed by atoms with E-state index in [-0.39, 0.29) is 0 Å². The molecule has 0 saturated heterocycles. The largest absolute Gasteiger partial charge is 0.389 e. The zero-order valence-corrected chi connectivity index (χ0v) is 13.1. The molecule has 0 atom stereocenters. The van der Waals surface area contributed by atoms with E-state index in [1.807, 2.05) is 19.9 Å². The molecule has 104 valence electrons. The molecule has 0 saturated carbocycles. The minimum absolute atomic E-state index is 0.363. The highest BCUT2D eigenvalue weighted by Crippen LogP contribution is 2.26. The molecule has 1 aromatic carbocycles. The van der Waals surface area contributed by atoms with Crippen molar-refractivity contribution in [3.8, 4) is 0 Å². The summed E-state index contributed by atoms with van der Waals surface area (Å²) in [5, 5.41) is 3.42. The fraction of sp³-hybridized carbons (Fsp3) is 0.250. The van der Waals surface area contributed by atoms with E-state index in [2.05, 4.69) is 42.3 Å². The van der Waals surface area contributed by atoms with Crippen molar-refractivity contribution in [2.75, 3.05) is 5.32 Å². The number of anilines is 2. The van der Waals surface area contributed by atoms with Gasteiger partial charge in [0.15, 0.2) is 0 Å². The van der Waals surface area contributed by atoms with Gasteiger partial charge in [0.2, 0.25) is 0 Å². The summed E-state index contributed by atoms with van der Waals surface area (Å²) in [6, 6.07) is 8.26. The maximum absolute atomic E-state index is 5.83. The molecular formula is C16H19N3S. The van der Waals surface area contributed by atoms with Crippen molar-refractivity contribution in [2.24, 2.45) is 5.73 Å². The third-order valence-corrected chi connectivity index (χ3v) is 3.43. The highest BCUT2D eigenvalue weighted by atomic mass is 32.1. The Labute approximate surface area is 125 Å². The minimum atomic E-state index is 0.363. The van der Waals surface area contributed by atoms with Crippen LogP contribution in [0.5, 0.6) is 0 Å². The first-order chi connectivity index (χ1) is 9.38. The molecule has 1 aromatic heterocycles. The average molecular weight is 285 g/mol. The molecule has 0 amide bonds. The first-order valence-electron chi connectivity index (χ1n) is 6.51. The van der Waals surface area contributed by atoms with Crippen molar-refractivity contribution in [3.05, 3.63) is 52.3 Å². The Bertz CT molecular complexity index is 678. The molecule has 4 heteroatoms. The molecule has 0 radical (unpaired) electrons. The molecule has 1 heterocycles. The summed E-state index contributed by atoms with van der Waals surface area (Å²) in [5.41, 5.74) is 12.8. The van der Waals surface area contributed by atoms with Gasteiger partial charge in [-0.25, -0.2) is 0 Å². The molecule has 0 unspecified atom stereocenters. The van der Waals surface area contributed by atoms with Crippen LogP contribution in [0.1, 0.15) is 28.1 Å². The highest BCUT2D eigenvalue weighted by molar-refractivity contribution is 7.80. The van der Waals surface area contributed by atoms with E-state index in [0.29, 0.717) is 4.99 Å². The molecule has 0 aliphatic heterocycles. The number of hydrogen-bond donors (Lipinski definition) is 2. The fourth-order valence-corrected chi connectivity index (χ4v) is 2.59. The fourth-order valence-electron chi connectivity index (χ4n) is 2.34. The van der Waals surface area contributed by atoms with Crippen molar-refractivity contribution < 1.29 is 0 Å². The molecule has 0 bridgehead atoms. The number of nitrogens with two attached hydrogens (primary N) is 1. The van der Waals surface area contributed by atoms with E-state index in [1.54, 1.807) is 0 Å². The van der Waals surface area contributed by atoms with Crippen LogP contribution in [0.15, 0.2) is 24.3 Å². The molecule has 20 heavy (non-hydrogen) atoms. The Morgan fingerprint density at radius 2 is 1.80 bits per heavy atom. The van der Waals surface area contributed by atoms with Gasteiger partial charge in [-0.1, -0.05) is 29.9 Å². The van der Waals surface area contributed by atoms with Crippen LogP contribution in [0.4, 0.5) is 11.4 Å². The minimum Gasteiger partial charge on any atom is -0.389 e. The highest BCUT2D eigenvalue weighted by Gasteiger charge is 2.12. The van der Waals surface area contributed by atoms with Crippen LogP contribution in [0.25, 0.3) is 0 Å². The Kier molecular flexibility index (Phi) is 4.04. The van der Waals surface area contributed by atoms with E-state index < -0.39 is 0 Å². The number of thiocarbonyl (C=S) groups is 1. The van der Waals surface area contributed by atoms with Crippen LogP contribution in [0.2, 0.25) is 0 Å². The van der Waals surface area contributed by atoms with Gasteiger partial charge in [0.25, 0.3) is 0 Å². The Hall–Kier alpha value is -1.94. The average Bonchev–Trinajstić information content (AvgIpc) is 2.31. The number of aromatic nitrogens is 1. The third kappa shape index (κ3) is 2.96. The first-order valence-corrected chi connectivity index (χ1v) is 6.91. The Morgan fingerprint density at radius 1 is 1.10 bits per heavy atom. The van der Waals surface area contributed by atoms with Crippen molar-refractivity contribution in [2.45, 2.75) is 27.7 Å². The molecule has 3 N–H and O–H groups in total. The number of nitrogens with zero attached hydrogens (tertiary/aromatic N) is 1. The molecule has 0 fully saturated rings. The van der Waals surface area contributed by atoms with E-state index in [9.17, 15) is 0 Å². The van der Waals surface area contributed by atoms with Crippen LogP contribution >= 0.6 is 12.2 Å². The van der Waals surface area contributed by atoms with Crippen molar-refractivity contribution >= 4 is 28.6 Å². The van der Waals surface area contributed by atoms with Gasteiger partial charge in [-0.3, -0.25) is 4.98 Å². The Morgan fingerprint density at radius 3 is 2.40 bits per heavy atom. The predicted octanol–water partition coefficient (Wildman–Crippen LogP) is 3.69. The lowest BCUT2D eigenvalue weighted by Crippen LogP contribution is -2.15. The lowest BCUT2D eigenvalue weighted by Gasteiger charge is -2.16. The number of aryl methyl sites for hydroxylation is 4. The van der Waals surface area contributed by atoms with Gasteiger partial charge in [-0.2, -0.15) is 0 Å². The number of hydrogen-bond acceptors (Lipinski definition) is 3. The normalized spacial score (nSPS) is 10.4. The Balaban J connectivity index is 2.50.